The fourth-order valence-electron chi connectivity index (χ4n) is 2.26. The zero-order chi connectivity index (χ0) is 34.2. The summed E-state index contributed by atoms with van der Waals surface area (Å²) in [6.07, 6.45) is 5.64. The van der Waals surface area contributed by atoms with E-state index in [9.17, 15) is 19.2 Å². The maximum absolute atomic E-state index is 11.1. The number of allylic oxidation sites excluding steroid dienone is 2. The molecule has 0 aliphatic carbocycles. The molecule has 0 fully saturated rings. The first-order valence-electron chi connectivity index (χ1n) is 14.1. The van der Waals surface area contributed by atoms with Crippen LogP contribution in [0.5, 0.6) is 0 Å². The van der Waals surface area contributed by atoms with Gasteiger partial charge in [0.15, 0.2) is 0 Å². The Morgan fingerprint density at radius 3 is 1.70 bits per heavy atom. The molecule has 0 spiro atoms. The van der Waals surface area contributed by atoms with E-state index in [1.807, 2.05) is 66.9 Å². The van der Waals surface area contributed by atoms with Crippen LogP contribution in [0.4, 0.5) is 0 Å². The summed E-state index contributed by atoms with van der Waals surface area (Å²) in [5.74, 6) is -1.83. The zero-order valence-corrected chi connectivity index (χ0v) is 27.8. The van der Waals surface area contributed by atoms with Gasteiger partial charge < -0.3 is 37.7 Å². The normalized spacial score (nSPS) is 8.72. The number of hydrogen-bond acceptors (Lipinski definition) is 7. The van der Waals surface area contributed by atoms with Gasteiger partial charge in [0.25, 0.3) is 0 Å². The highest BCUT2D eigenvalue weighted by Gasteiger charge is 2.07. The number of fused-ring (bicyclic) bond motifs is 1. The molecule has 2 aromatic rings. The minimum absolute atomic E-state index is 0.158. The molecule has 0 saturated heterocycles. The van der Waals surface area contributed by atoms with E-state index in [0.717, 1.165) is 0 Å². The number of aryl methyl sites for hydroxylation is 1. The van der Waals surface area contributed by atoms with Crippen molar-refractivity contribution in [3.8, 4) is 0 Å². The first-order valence-corrected chi connectivity index (χ1v) is 14.1. The molecule has 4 amide bonds. The Balaban J connectivity index is -0.000000255. The van der Waals surface area contributed by atoms with Gasteiger partial charge in [0.05, 0.1) is 26.2 Å². The third-order valence-electron chi connectivity index (χ3n) is 4.08. The maximum atomic E-state index is 11.1. The molecule has 1 aromatic heterocycles. The predicted molar refractivity (Wildman–Crippen MR) is 180 cm³/mol. The lowest BCUT2D eigenvalue weighted by atomic mass is 10.2. The van der Waals surface area contributed by atoms with Crippen LogP contribution in [0.25, 0.3) is 10.9 Å². The Labute approximate surface area is 258 Å². The lowest BCUT2D eigenvalue weighted by molar-refractivity contribution is -0.128. The number of rotatable bonds is 8. The molecule has 0 saturated carbocycles. The number of para-hydroxylation sites is 1. The number of nitrogens with zero attached hydrogens (tertiary/aromatic N) is 1. The highest BCUT2D eigenvalue weighted by molar-refractivity contribution is 5.90. The number of benzene rings is 1. The van der Waals surface area contributed by atoms with Crippen LogP contribution in [-0.2, 0) is 19.2 Å². The number of H-pyrrole nitrogens is 1. The largest absolute Gasteiger partial charge is 0.403 e. The van der Waals surface area contributed by atoms with E-state index in [0.29, 0.717) is 5.70 Å². The van der Waals surface area contributed by atoms with E-state index >= 15 is 0 Å². The summed E-state index contributed by atoms with van der Waals surface area (Å²) in [5, 5.41) is 10.4. The van der Waals surface area contributed by atoms with Crippen LogP contribution in [0.15, 0.2) is 59.5 Å². The highest BCUT2D eigenvalue weighted by atomic mass is 16.2. The van der Waals surface area contributed by atoms with Gasteiger partial charge in [0, 0.05) is 36.6 Å². The number of hydrogen-bond donors (Lipinski definition) is 7. The number of nitrogens with two attached hydrogens (primary N) is 2. The van der Waals surface area contributed by atoms with Crippen LogP contribution in [0.2, 0.25) is 0 Å². The van der Waals surface area contributed by atoms with E-state index in [4.69, 9.17) is 11.5 Å². The summed E-state index contributed by atoms with van der Waals surface area (Å²) < 4.78 is 0. The fourth-order valence-corrected chi connectivity index (χ4v) is 2.26. The van der Waals surface area contributed by atoms with Gasteiger partial charge in [-0.2, -0.15) is 0 Å². The molecule has 0 bridgehead atoms. The van der Waals surface area contributed by atoms with Crippen molar-refractivity contribution in [2.45, 2.75) is 62.3 Å². The predicted octanol–water partition coefficient (Wildman–Crippen LogP) is 3.05. The molecule has 0 atom stereocenters. The quantitative estimate of drug-likeness (QED) is 0.226. The highest BCUT2D eigenvalue weighted by Crippen LogP contribution is 2.15. The minimum Gasteiger partial charge on any atom is -0.403 e. The summed E-state index contributed by atoms with van der Waals surface area (Å²) in [5.41, 5.74) is 14.4. The zero-order valence-electron chi connectivity index (χ0n) is 27.8. The number of likely N-dealkylation sites (N-methyl/N-ethyl adjacent to an activating group) is 1. The molecule has 12 heteroatoms. The van der Waals surface area contributed by atoms with Crippen LogP contribution < -0.4 is 32.7 Å². The number of amides is 4. The Bertz CT molecular complexity index is 1070. The molecule has 0 radical (unpaired) electrons. The van der Waals surface area contributed by atoms with Gasteiger partial charge in [-0.1, -0.05) is 58.0 Å². The van der Waals surface area contributed by atoms with E-state index in [2.05, 4.69) is 62.9 Å². The molecule has 1 aromatic carbocycles. The third-order valence-corrected chi connectivity index (χ3v) is 4.08. The average Bonchev–Trinajstić information content (AvgIpc) is 3.39. The summed E-state index contributed by atoms with van der Waals surface area (Å²) in [6, 6.07) is 8.31. The Kier molecular flexibility index (Phi) is 34.0. The minimum atomic E-state index is -0.521. The lowest BCUT2D eigenvalue weighted by Crippen LogP contribution is -2.44. The smallest absolute Gasteiger partial charge is 0.239 e. The van der Waals surface area contributed by atoms with Crippen molar-refractivity contribution in [3.63, 3.8) is 0 Å². The van der Waals surface area contributed by atoms with Crippen molar-refractivity contribution in [3.05, 3.63) is 60.1 Å². The second-order valence-corrected chi connectivity index (χ2v) is 8.18. The Morgan fingerprint density at radius 1 is 0.884 bits per heavy atom. The Hall–Kier alpha value is -4.45. The van der Waals surface area contributed by atoms with Crippen molar-refractivity contribution in [1.82, 2.24) is 26.3 Å². The van der Waals surface area contributed by atoms with Gasteiger partial charge in [0.2, 0.25) is 23.6 Å². The van der Waals surface area contributed by atoms with Crippen molar-refractivity contribution >= 4 is 40.7 Å². The molecule has 12 nitrogen and oxygen atoms in total. The molecule has 0 unspecified atom stereocenters. The summed E-state index contributed by atoms with van der Waals surface area (Å²) in [6.45, 7) is 20.3. The van der Waals surface area contributed by atoms with Gasteiger partial charge >= 0.3 is 0 Å². The molecule has 0 aliphatic heterocycles. The van der Waals surface area contributed by atoms with Crippen molar-refractivity contribution < 1.29 is 19.2 Å². The number of aromatic amines is 1. The molecular formula is C31H56N8O4. The van der Waals surface area contributed by atoms with Crippen LogP contribution in [-0.4, -0.2) is 68.1 Å². The van der Waals surface area contributed by atoms with Crippen molar-refractivity contribution in [2.24, 2.45) is 16.5 Å². The summed E-state index contributed by atoms with van der Waals surface area (Å²) in [4.78, 5) is 50.9. The first kappa shape index (κ1) is 45.5. The fraction of sp³-hybridized carbons (Fsp3) is 0.452. The van der Waals surface area contributed by atoms with Crippen LogP contribution in [0.1, 0.15) is 61.0 Å². The van der Waals surface area contributed by atoms with E-state index < -0.39 is 17.7 Å². The van der Waals surface area contributed by atoms with E-state index in [-0.39, 0.29) is 32.1 Å². The summed E-state index contributed by atoms with van der Waals surface area (Å²) >= 11 is 0. The molecule has 0 aliphatic rings. The maximum Gasteiger partial charge on any atom is 0.239 e. The summed E-state index contributed by atoms with van der Waals surface area (Å²) in [7, 11) is 1.44. The molecule has 43 heavy (non-hydrogen) atoms. The second kappa shape index (κ2) is 32.1. The number of carbonyl (C=O) groups is 4. The monoisotopic (exact) mass is 604 g/mol. The van der Waals surface area contributed by atoms with Crippen LogP contribution in [0, 0.1) is 6.92 Å². The molecule has 244 valence electrons. The first-order chi connectivity index (χ1) is 20.4. The van der Waals surface area contributed by atoms with Crippen molar-refractivity contribution in [2.75, 3.05) is 33.2 Å². The van der Waals surface area contributed by atoms with Gasteiger partial charge in [-0.25, -0.2) is 0 Å². The van der Waals surface area contributed by atoms with Gasteiger partial charge in [-0.15, -0.1) is 0 Å². The lowest BCUT2D eigenvalue weighted by Gasteiger charge is -2.06. The van der Waals surface area contributed by atoms with E-state index in [1.54, 1.807) is 13.1 Å². The van der Waals surface area contributed by atoms with Crippen LogP contribution in [0.3, 0.4) is 0 Å². The number of carbonyl (C=O) groups excluding carboxylic acids is 4. The molecular weight excluding hydrogens is 548 g/mol. The van der Waals surface area contributed by atoms with Crippen LogP contribution >= 0.6 is 0 Å². The SMILES string of the molecule is C=C(C)N.CC.CC.CC=NC=C(C)C.CNC(=O)CNC(=O)CNC(=O)CNC(=O)CN.Cc1c[nH]c2ccccc12. The van der Waals surface area contributed by atoms with Crippen molar-refractivity contribution in [1.29, 1.82) is 0 Å². The number of aromatic nitrogens is 1. The molecule has 9 N–H and O–H groups in total. The van der Waals surface area contributed by atoms with Gasteiger partial charge in [0.1, 0.15) is 0 Å². The average molecular weight is 605 g/mol. The topological polar surface area (TPSA) is 197 Å². The molecule has 2 rings (SSSR count). The second-order valence-electron chi connectivity index (χ2n) is 8.18. The molecule has 1 heterocycles. The number of nitrogens with one attached hydrogen (secondary N) is 5. The standard InChI is InChI=1S/C9H17N5O4.C9H9N.C6H11N.C3H7N.2C2H6/c1-11-7(16)3-13-9(18)5-14-8(17)4-12-6(15)2-10;1-7-6-10-9-5-3-2-4-8(7)9;1-4-7-5-6(2)3;1-3(2)4;2*1-2/h2-5,10H2,1H3,(H,11,16)(H,12,15)(H,13,18)(H,14,17);2-6,10H,1H3;4-5H,1-3H3;1,4H2,2H3;2*1-2H3. The third kappa shape index (κ3) is 31.9. The Morgan fingerprint density at radius 2 is 1.33 bits per heavy atom. The van der Waals surface area contributed by atoms with E-state index in [1.165, 1.54) is 29.1 Å². The van der Waals surface area contributed by atoms with Gasteiger partial charge in [-0.05, 0) is 51.9 Å². The number of aliphatic imine (C=N–C) groups is 1. The van der Waals surface area contributed by atoms with Gasteiger partial charge in [-0.3, -0.25) is 24.2 Å².